The molecule has 0 saturated carbocycles. The predicted octanol–water partition coefficient (Wildman–Crippen LogP) is 11.7. The Hall–Kier alpha value is -1.73. The van der Waals surface area contributed by atoms with E-state index < -0.39 is 82.4 Å². The van der Waals surface area contributed by atoms with Gasteiger partial charge in [-0.1, -0.05) is 61.3 Å². The molecule has 5 atom stereocenters. The van der Waals surface area contributed by atoms with Crippen molar-refractivity contribution in [2.45, 2.75) is 164 Å². The standard InChI is InChI=1S/C46H79F4N3O5S3/c1-14-23-45(11,60)44(10,40(54)52-24-21-25-53(12,13)26-22-29-61(55,56)57)31-42(8,15-2)43(9,16-3)33(30-46(17-4,18-5)41(6,7)32-51)34-35(47)37(49)39(38(50)36(34)48)58-27-19-20-28-59/h33H,14-31H2,1-13H3,(H3-,52,54,55,56,57,59,60)/p+1. The number of hydrogen-bond acceptors (Lipinski definition) is 7. The molecule has 0 aromatic heterocycles. The van der Waals surface area contributed by atoms with Gasteiger partial charge in [0.1, 0.15) is 0 Å². The molecule has 15 heteroatoms. The number of nitriles is 1. The molecule has 0 fully saturated rings. The Morgan fingerprint density at radius 1 is 0.869 bits per heavy atom. The highest BCUT2D eigenvalue weighted by atomic mass is 32.2. The molecular formula is C46H80F4N3O5S3+. The molecule has 1 aromatic carbocycles. The first-order valence-electron chi connectivity index (χ1n) is 22.3. The number of halogens is 4. The van der Waals surface area contributed by atoms with Crippen molar-refractivity contribution in [3.63, 3.8) is 0 Å². The number of quaternary nitrogens is 1. The number of carbonyl (C=O) groups excluding carboxylic acids is 1. The van der Waals surface area contributed by atoms with Crippen LogP contribution in [0.2, 0.25) is 0 Å². The van der Waals surface area contributed by atoms with Gasteiger partial charge in [-0.2, -0.15) is 47.7 Å². The Balaban J connectivity index is 4.09. The van der Waals surface area contributed by atoms with Gasteiger partial charge in [0.05, 0.1) is 56.4 Å². The number of unbranched alkanes of at least 4 members (excludes halogenated alkanes) is 1. The SMILES string of the molecule is CCCC(C)(S)C(C)(CC(C)(CC)C(C)(CC)C(CC(CC)(CC)C(C)(C)C#N)c1c(F)c(F)c(OCCCCS)c(F)c1F)C(=O)NCCC[N+](C)(C)CCCS(=O)(=O)O. The fourth-order valence-electron chi connectivity index (χ4n) is 9.86. The van der Waals surface area contributed by atoms with E-state index in [9.17, 15) is 18.5 Å². The highest BCUT2D eigenvalue weighted by molar-refractivity contribution is 7.85. The van der Waals surface area contributed by atoms with E-state index in [4.69, 9.17) is 21.9 Å². The number of rotatable bonds is 29. The number of ether oxygens (including phenoxy) is 1. The van der Waals surface area contributed by atoms with Crippen LogP contribution in [0.5, 0.6) is 5.75 Å². The first-order chi connectivity index (χ1) is 28.0. The predicted molar refractivity (Wildman–Crippen MR) is 247 cm³/mol. The van der Waals surface area contributed by atoms with Crippen LogP contribution in [0.4, 0.5) is 17.6 Å². The van der Waals surface area contributed by atoms with Gasteiger partial charge in [0.15, 0.2) is 17.4 Å². The maximum atomic E-state index is 16.9. The minimum atomic E-state index is -4.07. The first kappa shape index (κ1) is 57.3. The summed E-state index contributed by atoms with van der Waals surface area (Å²) in [6, 6.07) is 2.43. The summed E-state index contributed by atoms with van der Waals surface area (Å²) in [6.45, 7) is 22.3. The summed E-state index contributed by atoms with van der Waals surface area (Å²) in [7, 11) is -0.162. The van der Waals surface area contributed by atoms with Crippen molar-refractivity contribution in [2.24, 2.45) is 27.1 Å². The van der Waals surface area contributed by atoms with E-state index in [0.717, 1.165) is 0 Å². The molecule has 354 valence electrons. The molecule has 2 N–H and O–H groups in total. The summed E-state index contributed by atoms with van der Waals surface area (Å²) < 4.78 is 103. The van der Waals surface area contributed by atoms with Gasteiger partial charge in [0.2, 0.25) is 17.5 Å². The molecule has 0 spiro atoms. The fraction of sp³-hybridized carbons (Fsp3) is 0.826. The Kier molecular flexibility index (Phi) is 21.5. The van der Waals surface area contributed by atoms with E-state index in [1.54, 1.807) is 13.8 Å². The molecule has 8 nitrogen and oxygen atoms in total. The van der Waals surface area contributed by atoms with E-state index >= 15 is 17.6 Å². The Labute approximate surface area is 378 Å². The largest absolute Gasteiger partial charge is 0.487 e. The first-order valence-corrected chi connectivity index (χ1v) is 24.9. The molecule has 0 aliphatic heterocycles. The number of carbonyl (C=O) groups is 1. The highest BCUT2D eigenvalue weighted by Gasteiger charge is 2.59. The molecule has 5 unspecified atom stereocenters. The molecule has 61 heavy (non-hydrogen) atoms. The maximum absolute atomic E-state index is 16.9. The monoisotopic (exact) mass is 927 g/mol. The minimum absolute atomic E-state index is 0.0314. The highest BCUT2D eigenvalue weighted by Crippen LogP contribution is 2.65. The van der Waals surface area contributed by atoms with E-state index in [-0.39, 0.29) is 37.5 Å². The van der Waals surface area contributed by atoms with Gasteiger partial charge >= 0.3 is 0 Å². The van der Waals surface area contributed by atoms with E-state index in [1.165, 1.54) is 0 Å². The van der Waals surface area contributed by atoms with Crippen molar-refractivity contribution >= 4 is 41.3 Å². The third kappa shape index (κ3) is 13.4. The Morgan fingerprint density at radius 3 is 1.85 bits per heavy atom. The number of thiol groups is 2. The van der Waals surface area contributed by atoms with Gasteiger partial charge in [-0.25, -0.2) is 8.78 Å². The van der Waals surface area contributed by atoms with Crippen LogP contribution in [0.15, 0.2) is 0 Å². The zero-order valence-corrected chi connectivity index (χ0v) is 42.2. The van der Waals surface area contributed by atoms with E-state index in [1.807, 2.05) is 76.4 Å². The molecule has 0 bridgehead atoms. The van der Waals surface area contributed by atoms with Crippen LogP contribution in [0.3, 0.4) is 0 Å². The molecule has 0 heterocycles. The average molecular weight is 927 g/mol. The summed E-state index contributed by atoms with van der Waals surface area (Å²) in [5.41, 5.74) is -5.78. The third-order valence-corrected chi connectivity index (χ3v) is 17.0. The zero-order chi connectivity index (χ0) is 47.5. The van der Waals surface area contributed by atoms with Crippen LogP contribution < -0.4 is 10.1 Å². The summed E-state index contributed by atoms with van der Waals surface area (Å²) in [6.07, 6.45) is 4.95. The molecule has 0 saturated heterocycles. The topological polar surface area (TPSA) is 116 Å². The van der Waals surface area contributed by atoms with Crippen LogP contribution in [-0.4, -0.2) is 79.9 Å². The van der Waals surface area contributed by atoms with Crippen molar-refractivity contribution in [2.75, 3.05) is 51.8 Å². The van der Waals surface area contributed by atoms with Crippen molar-refractivity contribution < 1.29 is 44.5 Å². The summed E-state index contributed by atoms with van der Waals surface area (Å²) in [5.74, 6) is -8.58. The second-order valence-corrected chi connectivity index (χ2v) is 22.6. The van der Waals surface area contributed by atoms with Gasteiger partial charge in [0.25, 0.3) is 10.1 Å². The molecule has 1 aromatic rings. The lowest BCUT2D eigenvalue weighted by atomic mass is 9.47. The summed E-state index contributed by atoms with van der Waals surface area (Å²) in [4.78, 5) is 14.8. The fourth-order valence-corrected chi connectivity index (χ4v) is 11.0. The van der Waals surface area contributed by atoms with Gasteiger partial charge in [0, 0.05) is 29.7 Å². The molecule has 1 amide bonds. The minimum Gasteiger partial charge on any atom is -0.487 e. The van der Waals surface area contributed by atoms with Crippen LogP contribution in [-0.2, 0) is 14.9 Å². The van der Waals surface area contributed by atoms with Crippen molar-refractivity contribution in [1.29, 1.82) is 5.26 Å². The van der Waals surface area contributed by atoms with Crippen molar-refractivity contribution in [1.82, 2.24) is 5.32 Å². The lowest BCUT2D eigenvalue weighted by molar-refractivity contribution is -0.890. The normalized spacial score (nSPS) is 17.4. The molecule has 0 radical (unpaired) electrons. The summed E-state index contributed by atoms with van der Waals surface area (Å²) in [5, 5.41) is 13.7. The Morgan fingerprint density at radius 2 is 1.41 bits per heavy atom. The second-order valence-electron chi connectivity index (χ2n) is 19.6. The van der Waals surface area contributed by atoms with Gasteiger partial charge in [-0.05, 0) is 107 Å². The van der Waals surface area contributed by atoms with Gasteiger partial charge < -0.3 is 14.5 Å². The Bertz CT molecular complexity index is 1720. The molecule has 0 aliphatic carbocycles. The number of hydrogen-bond donors (Lipinski definition) is 4. The van der Waals surface area contributed by atoms with Crippen LogP contribution >= 0.6 is 25.3 Å². The molecule has 1 rings (SSSR count). The average Bonchev–Trinajstić information content (AvgIpc) is 3.18. The lowest BCUT2D eigenvalue weighted by Crippen LogP contribution is -2.56. The maximum Gasteiger partial charge on any atom is 0.265 e. The van der Waals surface area contributed by atoms with Gasteiger partial charge in [-0.15, -0.1) is 0 Å². The van der Waals surface area contributed by atoms with E-state index in [2.05, 4.69) is 24.0 Å². The van der Waals surface area contributed by atoms with Crippen LogP contribution in [0.1, 0.15) is 165 Å². The molecular weight excluding hydrogens is 847 g/mol. The van der Waals surface area contributed by atoms with Crippen molar-refractivity contribution in [3.05, 3.63) is 28.8 Å². The molecule has 0 aliphatic rings. The number of amides is 1. The van der Waals surface area contributed by atoms with Crippen LogP contribution in [0, 0.1) is 61.7 Å². The third-order valence-electron chi connectivity index (χ3n) is 15.2. The number of nitrogens with one attached hydrogen (secondary N) is 1. The quantitative estimate of drug-likeness (QED) is 0.0159. The van der Waals surface area contributed by atoms with Crippen molar-refractivity contribution in [3.8, 4) is 11.8 Å². The van der Waals surface area contributed by atoms with E-state index in [0.29, 0.717) is 87.7 Å². The zero-order valence-electron chi connectivity index (χ0n) is 39.6. The van der Waals surface area contributed by atoms with Crippen LogP contribution in [0.25, 0.3) is 0 Å². The number of nitrogens with zero attached hydrogens (tertiary/aromatic N) is 2. The van der Waals surface area contributed by atoms with Gasteiger partial charge in [-0.3, -0.25) is 9.35 Å². The number of benzene rings is 1. The lowest BCUT2D eigenvalue weighted by Gasteiger charge is -2.58. The summed E-state index contributed by atoms with van der Waals surface area (Å²) >= 11 is 9.34. The smallest absolute Gasteiger partial charge is 0.265 e. The second kappa shape index (κ2) is 22.9.